The SMILES string of the molecule is COCCn1c(C(C)N2CCN(C(=O)c3ccccc3)C(C)C2)nc2ccccc2c1=O. The molecule has 0 N–H and O–H groups in total. The van der Waals surface area contributed by atoms with Gasteiger partial charge in [0, 0.05) is 38.3 Å². The number of fused-ring (bicyclic) bond motifs is 1. The molecule has 0 radical (unpaired) electrons. The summed E-state index contributed by atoms with van der Waals surface area (Å²) >= 11 is 0. The highest BCUT2D eigenvalue weighted by Crippen LogP contribution is 2.24. The van der Waals surface area contributed by atoms with Crippen molar-refractivity contribution in [2.24, 2.45) is 0 Å². The van der Waals surface area contributed by atoms with E-state index in [4.69, 9.17) is 9.72 Å². The van der Waals surface area contributed by atoms with Gasteiger partial charge in [-0.25, -0.2) is 4.98 Å². The van der Waals surface area contributed by atoms with E-state index < -0.39 is 0 Å². The van der Waals surface area contributed by atoms with Crippen molar-refractivity contribution in [2.45, 2.75) is 32.5 Å². The Morgan fingerprint density at radius 2 is 1.84 bits per heavy atom. The smallest absolute Gasteiger partial charge is 0.261 e. The van der Waals surface area contributed by atoms with E-state index in [0.717, 1.165) is 12.4 Å². The minimum atomic E-state index is -0.0689. The summed E-state index contributed by atoms with van der Waals surface area (Å²) in [6.45, 7) is 7.12. The second kappa shape index (κ2) is 9.63. The minimum Gasteiger partial charge on any atom is -0.383 e. The summed E-state index contributed by atoms with van der Waals surface area (Å²) < 4.78 is 6.99. The zero-order valence-corrected chi connectivity index (χ0v) is 18.9. The van der Waals surface area contributed by atoms with E-state index in [0.29, 0.717) is 42.7 Å². The van der Waals surface area contributed by atoms with Gasteiger partial charge in [-0.1, -0.05) is 30.3 Å². The van der Waals surface area contributed by atoms with Crippen molar-refractivity contribution in [1.82, 2.24) is 19.4 Å². The maximum absolute atomic E-state index is 13.2. The van der Waals surface area contributed by atoms with Crippen LogP contribution in [-0.4, -0.2) is 64.7 Å². The molecular weight excluding hydrogens is 404 g/mol. The summed E-state index contributed by atoms with van der Waals surface area (Å²) in [5, 5.41) is 0.617. The summed E-state index contributed by atoms with van der Waals surface area (Å²) in [7, 11) is 1.63. The molecule has 1 amide bonds. The first kappa shape index (κ1) is 22.2. The second-order valence-corrected chi connectivity index (χ2v) is 8.32. The van der Waals surface area contributed by atoms with Crippen LogP contribution in [-0.2, 0) is 11.3 Å². The Morgan fingerprint density at radius 1 is 1.12 bits per heavy atom. The van der Waals surface area contributed by atoms with Crippen molar-refractivity contribution in [2.75, 3.05) is 33.4 Å². The Bertz CT molecular complexity index is 1140. The number of hydrogen-bond acceptors (Lipinski definition) is 5. The van der Waals surface area contributed by atoms with Gasteiger partial charge in [0.2, 0.25) is 0 Å². The molecule has 1 aliphatic heterocycles. The van der Waals surface area contributed by atoms with Gasteiger partial charge in [-0.2, -0.15) is 0 Å². The fourth-order valence-electron chi connectivity index (χ4n) is 4.45. The number of carbonyl (C=O) groups excluding carboxylic acids is 1. The molecule has 0 spiro atoms. The number of rotatable bonds is 6. The molecule has 0 bridgehead atoms. The van der Waals surface area contributed by atoms with Crippen LogP contribution >= 0.6 is 0 Å². The Balaban J connectivity index is 1.59. The molecule has 2 unspecified atom stereocenters. The maximum atomic E-state index is 13.2. The summed E-state index contributed by atoms with van der Waals surface area (Å²) in [4.78, 5) is 35.3. The van der Waals surface area contributed by atoms with Crippen LogP contribution in [0.4, 0.5) is 0 Å². The molecule has 1 saturated heterocycles. The van der Waals surface area contributed by atoms with E-state index in [1.807, 2.05) is 59.5 Å². The molecule has 0 saturated carbocycles. The zero-order chi connectivity index (χ0) is 22.7. The third-order valence-corrected chi connectivity index (χ3v) is 6.27. The predicted octanol–water partition coefficient (Wildman–Crippen LogP) is 2.95. The van der Waals surface area contributed by atoms with Gasteiger partial charge in [0.1, 0.15) is 5.82 Å². The quantitative estimate of drug-likeness (QED) is 0.597. The lowest BCUT2D eigenvalue weighted by molar-refractivity contribution is 0.0389. The lowest BCUT2D eigenvalue weighted by Gasteiger charge is -2.42. The van der Waals surface area contributed by atoms with Crippen molar-refractivity contribution in [1.29, 1.82) is 0 Å². The van der Waals surface area contributed by atoms with E-state index in [1.165, 1.54) is 0 Å². The summed E-state index contributed by atoms with van der Waals surface area (Å²) in [5.74, 6) is 0.798. The lowest BCUT2D eigenvalue weighted by Crippen LogP contribution is -2.54. The predicted molar refractivity (Wildman–Crippen MR) is 125 cm³/mol. The number of methoxy groups -OCH3 is 1. The molecule has 7 nitrogen and oxygen atoms in total. The van der Waals surface area contributed by atoms with Crippen LogP contribution in [0.2, 0.25) is 0 Å². The van der Waals surface area contributed by atoms with Gasteiger partial charge in [-0.3, -0.25) is 19.1 Å². The van der Waals surface area contributed by atoms with Crippen LogP contribution in [0.1, 0.15) is 36.1 Å². The van der Waals surface area contributed by atoms with Crippen molar-refractivity contribution in [3.63, 3.8) is 0 Å². The van der Waals surface area contributed by atoms with Crippen LogP contribution in [0.25, 0.3) is 10.9 Å². The van der Waals surface area contributed by atoms with E-state index in [9.17, 15) is 9.59 Å². The van der Waals surface area contributed by atoms with E-state index >= 15 is 0 Å². The molecule has 1 aromatic heterocycles. The highest BCUT2D eigenvalue weighted by molar-refractivity contribution is 5.94. The van der Waals surface area contributed by atoms with Gasteiger partial charge in [0.15, 0.2) is 0 Å². The highest BCUT2D eigenvalue weighted by atomic mass is 16.5. The van der Waals surface area contributed by atoms with Crippen molar-refractivity contribution in [3.05, 3.63) is 76.3 Å². The first-order chi connectivity index (χ1) is 15.5. The number of benzene rings is 2. The molecule has 4 rings (SSSR count). The normalized spacial score (nSPS) is 18.1. The van der Waals surface area contributed by atoms with Gasteiger partial charge < -0.3 is 9.64 Å². The van der Waals surface area contributed by atoms with Gasteiger partial charge in [0.25, 0.3) is 11.5 Å². The number of ether oxygens (including phenoxy) is 1. The molecule has 1 aliphatic rings. The number of carbonyl (C=O) groups is 1. The topological polar surface area (TPSA) is 67.7 Å². The molecule has 7 heteroatoms. The van der Waals surface area contributed by atoms with Gasteiger partial charge >= 0.3 is 0 Å². The van der Waals surface area contributed by atoms with E-state index in [-0.39, 0.29) is 23.6 Å². The highest BCUT2D eigenvalue weighted by Gasteiger charge is 2.32. The van der Waals surface area contributed by atoms with Crippen molar-refractivity contribution >= 4 is 16.8 Å². The monoisotopic (exact) mass is 434 g/mol. The number of amides is 1. The molecule has 0 aliphatic carbocycles. The van der Waals surface area contributed by atoms with Crippen LogP contribution in [0.15, 0.2) is 59.4 Å². The van der Waals surface area contributed by atoms with Crippen LogP contribution in [0.3, 0.4) is 0 Å². The minimum absolute atomic E-state index is 0.0413. The summed E-state index contributed by atoms with van der Waals surface area (Å²) in [6, 6.07) is 16.9. The molecule has 32 heavy (non-hydrogen) atoms. The molecule has 2 aromatic carbocycles. The standard InChI is InChI=1S/C25H30N4O3/c1-18-17-27(13-14-28(18)24(30)20-9-5-4-6-10-20)19(2)23-26-22-12-8-7-11-21(22)25(31)29(23)15-16-32-3/h4-12,18-19H,13-17H2,1-3H3. The van der Waals surface area contributed by atoms with Crippen LogP contribution in [0, 0.1) is 0 Å². The second-order valence-electron chi connectivity index (χ2n) is 8.32. The van der Waals surface area contributed by atoms with Crippen LogP contribution in [0.5, 0.6) is 0 Å². The molecule has 2 heterocycles. The van der Waals surface area contributed by atoms with Gasteiger partial charge in [0.05, 0.1) is 30.1 Å². The van der Waals surface area contributed by atoms with Crippen molar-refractivity contribution in [3.8, 4) is 0 Å². The van der Waals surface area contributed by atoms with Crippen molar-refractivity contribution < 1.29 is 9.53 Å². The number of aromatic nitrogens is 2. The molecule has 168 valence electrons. The summed E-state index contributed by atoms with van der Waals surface area (Å²) in [6.07, 6.45) is 0. The Hall–Kier alpha value is -3.03. The number of piperazine rings is 1. The largest absolute Gasteiger partial charge is 0.383 e. The average molecular weight is 435 g/mol. The Labute approximate surface area is 188 Å². The molecular formula is C25H30N4O3. The number of para-hydroxylation sites is 1. The zero-order valence-electron chi connectivity index (χ0n) is 18.9. The fraction of sp³-hybridized carbons (Fsp3) is 0.400. The first-order valence-electron chi connectivity index (χ1n) is 11.1. The maximum Gasteiger partial charge on any atom is 0.261 e. The fourth-order valence-corrected chi connectivity index (χ4v) is 4.45. The van der Waals surface area contributed by atoms with Crippen LogP contribution < -0.4 is 5.56 Å². The van der Waals surface area contributed by atoms with E-state index in [2.05, 4.69) is 18.7 Å². The lowest BCUT2D eigenvalue weighted by atomic mass is 10.1. The Morgan fingerprint density at radius 3 is 2.56 bits per heavy atom. The average Bonchev–Trinajstić information content (AvgIpc) is 2.83. The molecule has 1 fully saturated rings. The number of nitrogens with zero attached hydrogens (tertiary/aromatic N) is 4. The Kier molecular flexibility index (Phi) is 6.67. The third kappa shape index (κ3) is 4.31. The third-order valence-electron chi connectivity index (χ3n) is 6.27. The van der Waals surface area contributed by atoms with Gasteiger partial charge in [-0.05, 0) is 38.1 Å². The van der Waals surface area contributed by atoms with Gasteiger partial charge in [-0.15, -0.1) is 0 Å². The number of hydrogen-bond donors (Lipinski definition) is 0. The molecule has 3 aromatic rings. The van der Waals surface area contributed by atoms with E-state index in [1.54, 1.807) is 11.7 Å². The first-order valence-corrected chi connectivity index (χ1v) is 11.1. The molecule has 2 atom stereocenters. The summed E-state index contributed by atoms with van der Waals surface area (Å²) in [5.41, 5.74) is 1.38.